The highest BCUT2D eigenvalue weighted by atomic mass is 32.2. The normalized spacial score (nSPS) is 20.2. The van der Waals surface area contributed by atoms with Crippen LogP contribution in [0.2, 0.25) is 0 Å². The summed E-state index contributed by atoms with van der Waals surface area (Å²) >= 11 is 2.06. The molecule has 16 heavy (non-hydrogen) atoms. The van der Waals surface area contributed by atoms with Gasteiger partial charge in [-0.3, -0.25) is 0 Å². The quantitative estimate of drug-likeness (QED) is 0.822. The number of nitrogens with one attached hydrogen (secondary N) is 1. The molecular weight excluding hydrogens is 218 g/mol. The van der Waals surface area contributed by atoms with Crippen molar-refractivity contribution >= 4 is 11.8 Å². The molecule has 1 aromatic carbocycles. The Morgan fingerprint density at radius 3 is 3.00 bits per heavy atom. The summed E-state index contributed by atoms with van der Waals surface area (Å²) in [6.45, 7) is 2.17. The maximum absolute atomic E-state index is 9.04. The highest BCUT2D eigenvalue weighted by Gasteiger charge is 2.14. The lowest BCUT2D eigenvalue weighted by molar-refractivity contribution is 0.281. The molecule has 3 heteroatoms. The van der Waals surface area contributed by atoms with Crippen LogP contribution in [0.5, 0.6) is 0 Å². The summed E-state index contributed by atoms with van der Waals surface area (Å²) in [6.07, 6.45) is 1.36. The van der Waals surface area contributed by atoms with Crippen LogP contribution in [0.15, 0.2) is 24.3 Å². The summed E-state index contributed by atoms with van der Waals surface area (Å²) in [5.41, 5.74) is 2.26. The van der Waals surface area contributed by atoms with Crippen LogP contribution in [-0.4, -0.2) is 23.2 Å². The third kappa shape index (κ3) is 3.51. The molecule has 0 aliphatic carbocycles. The van der Waals surface area contributed by atoms with Gasteiger partial charge in [-0.2, -0.15) is 11.8 Å². The van der Waals surface area contributed by atoms with Crippen molar-refractivity contribution in [2.24, 2.45) is 5.92 Å². The molecule has 2 nitrogen and oxygen atoms in total. The molecule has 2 rings (SSSR count). The number of hydrogen-bond acceptors (Lipinski definition) is 3. The molecule has 0 spiro atoms. The van der Waals surface area contributed by atoms with Gasteiger partial charge in [-0.25, -0.2) is 0 Å². The number of aliphatic hydroxyl groups excluding tert-OH is 1. The largest absolute Gasteiger partial charge is 0.392 e. The predicted octanol–water partition coefficient (Wildman–Crippen LogP) is 2.02. The Morgan fingerprint density at radius 2 is 2.25 bits per heavy atom. The summed E-state index contributed by atoms with van der Waals surface area (Å²) < 4.78 is 0. The van der Waals surface area contributed by atoms with Crippen LogP contribution in [-0.2, 0) is 13.2 Å². The first kappa shape index (κ1) is 12.0. The fraction of sp³-hybridized carbons (Fsp3) is 0.538. The van der Waals surface area contributed by atoms with E-state index in [9.17, 15) is 0 Å². The Kier molecular flexibility index (Phi) is 4.69. The van der Waals surface area contributed by atoms with Gasteiger partial charge in [0.2, 0.25) is 0 Å². The average Bonchev–Trinajstić information content (AvgIpc) is 2.82. The first-order chi connectivity index (χ1) is 7.88. The molecule has 0 radical (unpaired) electrons. The van der Waals surface area contributed by atoms with Gasteiger partial charge >= 0.3 is 0 Å². The smallest absolute Gasteiger partial charge is 0.0681 e. The van der Waals surface area contributed by atoms with Gasteiger partial charge in [-0.15, -0.1) is 0 Å². The van der Waals surface area contributed by atoms with E-state index in [1.54, 1.807) is 0 Å². The molecule has 1 unspecified atom stereocenters. The second kappa shape index (κ2) is 6.28. The SMILES string of the molecule is OCc1cccc(CNCC2CCSC2)c1. The first-order valence-corrected chi connectivity index (χ1v) is 7.01. The molecule has 0 amide bonds. The van der Waals surface area contributed by atoms with E-state index in [4.69, 9.17) is 5.11 Å². The van der Waals surface area contributed by atoms with Crippen LogP contribution >= 0.6 is 11.8 Å². The molecule has 0 bridgehead atoms. The van der Waals surface area contributed by atoms with E-state index in [-0.39, 0.29) is 6.61 Å². The molecule has 88 valence electrons. The topological polar surface area (TPSA) is 32.3 Å². The molecule has 1 fully saturated rings. The molecule has 0 aromatic heterocycles. The van der Waals surface area contributed by atoms with Gasteiger partial charge < -0.3 is 10.4 Å². The van der Waals surface area contributed by atoms with Crippen LogP contribution < -0.4 is 5.32 Å². The van der Waals surface area contributed by atoms with Gasteiger partial charge in [-0.05, 0) is 41.5 Å². The zero-order chi connectivity index (χ0) is 11.2. The van der Waals surface area contributed by atoms with Crippen LogP contribution in [0.1, 0.15) is 17.5 Å². The van der Waals surface area contributed by atoms with E-state index in [1.807, 2.05) is 12.1 Å². The average molecular weight is 237 g/mol. The molecule has 1 aliphatic rings. The van der Waals surface area contributed by atoms with Crippen LogP contribution in [0, 0.1) is 5.92 Å². The van der Waals surface area contributed by atoms with Crippen LogP contribution in [0.4, 0.5) is 0 Å². The van der Waals surface area contributed by atoms with Crippen molar-refractivity contribution < 1.29 is 5.11 Å². The van der Waals surface area contributed by atoms with E-state index in [0.29, 0.717) is 0 Å². The van der Waals surface area contributed by atoms with E-state index >= 15 is 0 Å². The zero-order valence-corrected chi connectivity index (χ0v) is 10.3. The maximum atomic E-state index is 9.04. The number of hydrogen-bond donors (Lipinski definition) is 2. The Morgan fingerprint density at radius 1 is 1.38 bits per heavy atom. The summed E-state index contributed by atoms with van der Waals surface area (Å²) in [5, 5.41) is 12.5. The van der Waals surface area contributed by atoms with E-state index in [2.05, 4.69) is 29.2 Å². The zero-order valence-electron chi connectivity index (χ0n) is 9.48. The highest BCUT2D eigenvalue weighted by molar-refractivity contribution is 7.99. The fourth-order valence-electron chi connectivity index (χ4n) is 2.00. The third-order valence-corrected chi connectivity index (χ3v) is 4.19. The summed E-state index contributed by atoms with van der Waals surface area (Å²) in [7, 11) is 0. The van der Waals surface area contributed by atoms with Crippen molar-refractivity contribution in [2.45, 2.75) is 19.6 Å². The van der Waals surface area contributed by atoms with Gasteiger partial charge in [0.1, 0.15) is 0 Å². The Balaban J connectivity index is 1.75. The van der Waals surface area contributed by atoms with E-state index < -0.39 is 0 Å². The van der Waals surface area contributed by atoms with Gasteiger partial charge in [0.05, 0.1) is 6.61 Å². The van der Waals surface area contributed by atoms with Crippen molar-refractivity contribution in [3.8, 4) is 0 Å². The molecule has 1 atom stereocenters. The van der Waals surface area contributed by atoms with E-state index in [1.165, 1.54) is 23.5 Å². The maximum Gasteiger partial charge on any atom is 0.0681 e. The lowest BCUT2D eigenvalue weighted by Crippen LogP contribution is -2.22. The van der Waals surface area contributed by atoms with Crippen LogP contribution in [0.3, 0.4) is 0 Å². The highest BCUT2D eigenvalue weighted by Crippen LogP contribution is 2.22. The summed E-state index contributed by atoms with van der Waals surface area (Å²) in [4.78, 5) is 0. The predicted molar refractivity (Wildman–Crippen MR) is 69.5 cm³/mol. The van der Waals surface area contributed by atoms with Gasteiger partial charge in [0.15, 0.2) is 0 Å². The van der Waals surface area contributed by atoms with Crippen molar-refractivity contribution in [1.82, 2.24) is 5.32 Å². The Hall–Kier alpha value is -0.510. The lowest BCUT2D eigenvalue weighted by Gasteiger charge is -2.10. The minimum Gasteiger partial charge on any atom is -0.392 e. The molecular formula is C13H19NOS. The van der Waals surface area contributed by atoms with Crippen LogP contribution in [0.25, 0.3) is 0 Å². The van der Waals surface area contributed by atoms with Gasteiger partial charge in [0, 0.05) is 6.54 Å². The number of rotatable bonds is 5. The monoisotopic (exact) mass is 237 g/mol. The lowest BCUT2D eigenvalue weighted by atomic mass is 10.1. The second-order valence-electron chi connectivity index (χ2n) is 4.34. The minimum atomic E-state index is 0.132. The molecule has 1 aromatic rings. The van der Waals surface area contributed by atoms with Crippen molar-refractivity contribution in [2.75, 3.05) is 18.1 Å². The van der Waals surface area contributed by atoms with Gasteiger partial charge in [-0.1, -0.05) is 24.3 Å². The van der Waals surface area contributed by atoms with Crippen molar-refractivity contribution in [3.05, 3.63) is 35.4 Å². The molecule has 1 heterocycles. The van der Waals surface area contributed by atoms with E-state index in [0.717, 1.165) is 24.6 Å². The Labute approximate surface area is 101 Å². The van der Waals surface area contributed by atoms with Gasteiger partial charge in [0.25, 0.3) is 0 Å². The molecule has 1 saturated heterocycles. The fourth-order valence-corrected chi connectivity index (χ4v) is 3.29. The van der Waals surface area contributed by atoms with Crippen molar-refractivity contribution in [3.63, 3.8) is 0 Å². The second-order valence-corrected chi connectivity index (χ2v) is 5.49. The number of benzene rings is 1. The first-order valence-electron chi connectivity index (χ1n) is 5.85. The summed E-state index contributed by atoms with van der Waals surface area (Å²) in [6, 6.07) is 8.14. The number of aliphatic hydroxyl groups is 1. The standard InChI is InChI=1S/C13H19NOS/c15-9-12-3-1-2-11(6-12)7-14-8-13-4-5-16-10-13/h1-3,6,13-15H,4-5,7-10H2. The molecule has 1 aliphatic heterocycles. The summed E-state index contributed by atoms with van der Waals surface area (Å²) in [5.74, 6) is 3.49. The Bertz CT molecular complexity index is 323. The minimum absolute atomic E-state index is 0.132. The van der Waals surface area contributed by atoms with Crippen molar-refractivity contribution in [1.29, 1.82) is 0 Å². The molecule has 2 N–H and O–H groups in total. The molecule has 0 saturated carbocycles. The number of thioether (sulfide) groups is 1. The third-order valence-electron chi connectivity index (χ3n) is 2.96.